The number of aromatic nitrogens is 1. The number of hydrogen-bond acceptors (Lipinski definition) is 2. The third kappa shape index (κ3) is 3.10. The van der Waals surface area contributed by atoms with E-state index in [2.05, 4.69) is 4.98 Å². The Bertz CT molecular complexity index is 625. The average molecular weight is 275 g/mol. The molecule has 0 atom stereocenters. The summed E-state index contributed by atoms with van der Waals surface area (Å²) in [5, 5.41) is 9.66. The summed E-state index contributed by atoms with van der Waals surface area (Å²) in [6.07, 6.45) is 3.73. The summed E-state index contributed by atoms with van der Waals surface area (Å²) in [5.41, 5.74) is 2.09. The van der Waals surface area contributed by atoms with Crippen LogP contribution in [0.15, 0.2) is 36.4 Å². The molecule has 1 aromatic heterocycles. The molecule has 0 saturated heterocycles. The van der Waals surface area contributed by atoms with Gasteiger partial charge < -0.3 is 0 Å². The van der Waals surface area contributed by atoms with Crippen molar-refractivity contribution in [2.75, 3.05) is 0 Å². The van der Waals surface area contributed by atoms with Crippen LogP contribution in [0.4, 0.5) is 0 Å². The Balaban J connectivity index is 2.21. The second kappa shape index (κ2) is 5.68. The SMILES string of the molecule is N#Cc1ccc(/C=C\c2ccc(Cl)cc2)nc1Cl. The van der Waals surface area contributed by atoms with Crippen LogP contribution in [0.3, 0.4) is 0 Å². The Kier molecular flexibility index (Phi) is 3.99. The van der Waals surface area contributed by atoms with Crippen LogP contribution in [-0.2, 0) is 0 Å². The van der Waals surface area contributed by atoms with Gasteiger partial charge in [0.2, 0.25) is 0 Å². The van der Waals surface area contributed by atoms with E-state index in [0.717, 1.165) is 5.56 Å². The van der Waals surface area contributed by atoms with Gasteiger partial charge in [-0.2, -0.15) is 5.26 Å². The summed E-state index contributed by atoms with van der Waals surface area (Å²) in [4.78, 5) is 4.11. The summed E-state index contributed by atoms with van der Waals surface area (Å²) in [6.45, 7) is 0. The molecule has 2 rings (SSSR count). The predicted molar refractivity (Wildman–Crippen MR) is 74.3 cm³/mol. The van der Waals surface area contributed by atoms with E-state index in [1.807, 2.05) is 42.5 Å². The number of hydrogen-bond donors (Lipinski definition) is 0. The zero-order chi connectivity index (χ0) is 13.0. The lowest BCUT2D eigenvalue weighted by atomic mass is 10.2. The van der Waals surface area contributed by atoms with Gasteiger partial charge in [-0.1, -0.05) is 41.4 Å². The Labute approximate surface area is 115 Å². The normalized spacial score (nSPS) is 10.5. The molecule has 0 bridgehead atoms. The highest BCUT2D eigenvalue weighted by atomic mass is 35.5. The number of halogens is 2. The van der Waals surface area contributed by atoms with Crippen molar-refractivity contribution in [3.63, 3.8) is 0 Å². The molecule has 0 aliphatic heterocycles. The first kappa shape index (κ1) is 12.6. The maximum Gasteiger partial charge on any atom is 0.147 e. The summed E-state index contributed by atoms with van der Waals surface area (Å²) in [6, 6.07) is 12.8. The van der Waals surface area contributed by atoms with Crippen LogP contribution >= 0.6 is 23.2 Å². The van der Waals surface area contributed by atoms with Gasteiger partial charge in [-0.15, -0.1) is 0 Å². The quantitative estimate of drug-likeness (QED) is 0.760. The third-order valence-electron chi connectivity index (χ3n) is 2.31. The molecular weight excluding hydrogens is 267 g/mol. The van der Waals surface area contributed by atoms with Gasteiger partial charge >= 0.3 is 0 Å². The molecule has 1 aromatic carbocycles. The maximum absolute atomic E-state index is 8.74. The number of pyridine rings is 1. The molecular formula is C14H8Cl2N2. The van der Waals surface area contributed by atoms with Crippen molar-refractivity contribution >= 4 is 35.4 Å². The first-order valence-corrected chi connectivity index (χ1v) is 5.95. The van der Waals surface area contributed by atoms with Gasteiger partial charge in [0.25, 0.3) is 0 Å². The highest BCUT2D eigenvalue weighted by molar-refractivity contribution is 6.30. The van der Waals surface area contributed by atoms with E-state index < -0.39 is 0 Å². The molecule has 88 valence electrons. The van der Waals surface area contributed by atoms with Gasteiger partial charge in [0.1, 0.15) is 11.2 Å². The third-order valence-corrected chi connectivity index (χ3v) is 2.85. The fraction of sp³-hybridized carbons (Fsp3) is 0. The minimum atomic E-state index is 0.218. The summed E-state index contributed by atoms with van der Waals surface area (Å²) in [5.74, 6) is 0. The lowest BCUT2D eigenvalue weighted by Crippen LogP contribution is -1.85. The Morgan fingerprint density at radius 2 is 1.72 bits per heavy atom. The molecule has 0 aliphatic rings. The van der Waals surface area contributed by atoms with Gasteiger partial charge in [0.05, 0.1) is 11.3 Å². The number of nitriles is 1. The average Bonchev–Trinajstić information content (AvgIpc) is 2.38. The standard InChI is InChI=1S/C14H8Cl2N2/c15-12-5-1-10(2-6-12)3-7-13-8-4-11(9-17)14(16)18-13/h1-8H/b7-3-. The Morgan fingerprint density at radius 1 is 1.00 bits per heavy atom. The summed E-state index contributed by atoms with van der Waals surface area (Å²) >= 11 is 11.6. The molecule has 1 heterocycles. The smallest absolute Gasteiger partial charge is 0.147 e. The van der Waals surface area contributed by atoms with Crippen molar-refractivity contribution in [2.24, 2.45) is 0 Å². The van der Waals surface area contributed by atoms with Crippen LogP contribution in [0, 0.1) is 11.3 Å². The maximum atomic E-state index is 8.74. The van der Waals surface area contributed by atoms with Crippen molar-refractivity contribution in [2.45, 2.75) is 0 Å². The lowest BCUT2D eigenvalue weighted by molar-refractivity contribution is 1.27. The fourth-order valence-electron chi connectivity index (χ4n) is 1.38. The van der Waals surface area contributed by atoms with Crippen molar-refractivity contribution in [1.82, 2.24) is 4.98 Å². The van der Waals surface area contributed by atoms with E-state index in [4.69, 9.17) is 28.5 Å². The molecule has 0 saturated carbocycles. The monoisotopic (exact) mass is 274 g/mol. The molecule has 4 heteroatoms. The van der Waals surface area contributed by atoms with Crippen LogP contribution in [0.5, 0.6) is 0 Å². The largest absolute Gasteiger partial charge is 0.235 e. The Hall–Kier alpha value is -1.82. The number of rotatable bonds is 2. The summed E-state index contributed by atoms with van der Waals surface area (Å²) in [7, 11) is 0. The molecule has 0 N–H and O–H groups in total. The van der Waals surface area contributed by atoms with Gasteiger partial charge in [0, 0.05) is 5.02 Å². The molecule has 2 nitrogen and oxygen atoms in total. The van der Waals surface area contributed by atoms with E-state index in [0.29, 0.717) is 16.3 Å². The number of nitrogens with zero attached hydrogens (tertiary/aromatic N) is 2. The summed E-state index contributed by atoms with van der Waals surface area (Å²) < 4.78 is 0. The topological polar surface area (TPSA) is 36.7 Å². The van der Waals surface area contributed by atoms with Crippen molar-refractivity contribution in [3.05, 3.63) is 63.4 Å². The molecule has 0 spiro atoms. The minimum absolute atomic E-state index is 0.218. The van der Waals surface area contributed by atoms with Gasteiger partial charge in [-0.25, -0.2) is 4.98 Å². The van der Waals surface area contributed by atoms with Gasteiger partial charge in [-0.3, -0.25) is 0 Å². The predicted octanol–water partition coefficient (Wildman–Crippen LogP) is 4.43. The molecule has 0 aliphatic carbocycles. The molecule has 0 radical (unpaired) electrons. The van der Waals surface area contributed by atoms with Crippen LogP contribution in [0.25, 0.3) is 12.2 Å². The van der Waals surface area contributed by atoms with E-state index in [1.165, 1.54) is 0 Å². The molecule has 2 aromatic rings. The van der Waals surface area contributed by atoms with E-state index in [1.54, 1.807) is 12.1 Å². The van der Waals surface area contributed by atoms with Crippen LogP contribution in [0.2, 0.25) is 10.2 Å². The van der Waals surface area contributed by atoms with Gasteiger partial charge in [-0.05, 0) is 35.9 Å². The lowest BCUT2D eigenvalue weighted by Gasteiger charge is -1.97. The molecule has 0 unspecified atom stereocenters. The zero-order valence-corrected chi connectivity index (χ0v) is 10.8. The van der Waals surface area contributed by atoms with Crippen LogP contribution < -0.4 is 0 Å². The van der Waals surface area contributed by atoms with Crippen LogP contribution in [0.1, 0.15) is 16.8 Å². The highest BCUT2D eigenvalue weighted by Crippen LogP contribution is 2.15. The molecule has 0 amide bonds. The zero-order valence-electron chi connectivity index (χ0n) is 9.27. The van der Waals surface area contributed by atoms with Gasteiger partial charge in [0.15, 0.2) is 0 Å². The van der Waals surface area contributed by atoms with Crippen LogP contribution in [-0.4, -0.2) is 4.98 Å². The molecule has 0 fully saturated rings. The van der Waals surface area contributed by atoms with Crippen molar-refractivity contribution < 1.29 is 0 Å². The molecule has 18 heavy (non-hydrogen) atoms. The first-order valence-electron chi connectivity index (χ1n) is 5.19. The van der Waals surface area contributed by atoms with Crippen molar-refractivity contribution in [3.8, 4) is 6.07 Å². The van der Waals surface area contributed by atoms with E-state index >= 15 is 0 Å². The fourth-order valence-corrected chi connectivity index (χ4v) is 1.71. The second-order valence-electron chi connectivity index (χ2n) is 3.57. The highest BCUT2D eigenvalue weighted by Gasteiger charge is 2.00. The minimum Gasteiger partial charge on any atom is -0.235 e. The second-order valence-corrected chi connectivity index (χ2v) is 4.37. The Morgan fingerprint density at radius 3 is 2.33 bits per heavy atom. The first-order chi connectivity index (χ1) is 8.69. The number of benzene rings is 1. The van der Waals surface area contributed by atoms with E-state index in [9.17, 15) is 0 Å². The van der Waals surface area contributed by atoms with E-state index in [-0.39, 0.29) is 5.15 Å². The van der Waals surface area contributed by atoms with Crippen molar-refractivity contribution in [1.29, 1.82) is 5.26 Å².